The Kier molecular flexibility index (Phi) is 9.22. The maximum atomic E-state index is 12.7. The third kappa shape index (κ3) is 6.65. The van der Waals surface area contributed by atoms with E-state index in [4.69, 9.17) is 4.84 Å². The lowest BCUT2D eigenvalue weighted by Crippen LogP contribution is -2.24. The first-order valence-corrected chi connectivity index (χ1v) is 11.2. The average Bonchev–Trinajstić information content (AvgIpc) is 2.70. The third-order valence-electron chi connectivity index (χ3n) is 5.61. The van der Waals surface area contributed by atoms with Gasteiger partial charge in [0.2, 0.25) is 0 Å². The second-order valence-electron chi connectivity index (χ2n) is 8.22. The van der Waals surface area contributed by atoms with E-state index in [-0.39, 0.29) is 17.5 Å². The van der Waals surface area contributed by atoms with Crippen LogP contribution in [0.5, 0.6) is 0 Å². The zero-order valence-corrected chi connectivity index (χ0v) is 19.5. The lowest BCUT2D eigenvalue weighted by molar-refractivity contribution is -0.118. The Bertz CT molecular complexity index is 885. The molecule has 1 N–H and O–H groups in total. The number of hydrogen-bond acceptors (Lipinski definition) is 5. The Balaban J connectivity index is 0.000000412. The van der Waals surface area contributed by atoms with Gasteiger partial charge in [-0.2, -0.15) is 0 Å². The van der Waals surface area contributed by atoms with Gasteiger partial charge in [-0.3, -0.25) is 9.59 Å². The van der Waals surface area contributed by atoms with Crippen molar-refractivity contribution in [1.82, 2.24) is 0 Å². The molecule has 0 fully saturated rings. The van der Waals surface area contributed by atoms with Crippen LogP contribution in [0.2, 0.25) is 0 Å². The standard InChI is InChI=1S/C20H27NO3.C6H8O/c1-6-16(21-24-7-2)20-17(22)10-15(11-18(20)23)19-13(4)8-12(3)9-14(19)5;7-6-4-2-1-3-5-6/h8-9,15,22H,6-7,10-11H2,1-5H3;1-2H,3-5H2. The fourth-order valence-electron chi connectivity index (χ4n) is 4.37. The van der Waals surface area contributed by atoms with Crippen LogP contribution in [0.4, 0.5) is 0 Å². The van der Waals surface area contributed by atoms with Crippen molar-refractivity contribution >= 4 is 17.3 Å². The molecular weight excluding hydrogens is 390 g/mol. The lowest BCUT2D eigenvalue weighted by atomic mass is 9.78. The van der Waals surface area contributed by atoms with Gasteiger partial charge < -0.3 is 9.94 Å². The van der Waals surface area contributed by atoms with Crippen LogP contribution in [0.25, 0.3) is 0 Å². The summed E-state index contributed by atoms with van der Waals surface area (Å²) in [6.45, 7) is 10.4. The molecule has 1 aromatic rings. The zero-order valence-electron chi connectivity index (χ0n) is 19.5. The normalized spacial score (nSPS) is 19.3. The van der Waals surface area contributed by atoms with Crippen molar-refractivity contribution in [3.05, 3.63) is 57.9 Å². The maximum Gasteiger partial charge on any atom is 0.168 e. The monoisotopic (exact) mass is 425 g/mol. The SMILES string of the molecule is CCON=C(CC)C1=C(O)CC(c2c(C)cc(C)cc2C)CC1=O.O=C1CC=CCC1. The molecule has 5 nitrogen and oxygen atoms in total. The number of hydrogen-bond donors (Lipinski definition) is 1. The van der Waals surface area contributed by atoms with Crippen molar-refractivity contribution in [3.8, 4) is 0 Å². The van der Waals surface area contributed by atoms with Gasteiger partial charge in [-0.1, -0.05) is 41.9 Å². The van der Waals surface area contributed by atoms with Gasteiger partial charge in [-0.05, 0) is 63.1 Å². The second-order valence-corrected chi connectivity index (χ2v) is 8.22. The molecule has 1 aromatic carbocycles. The Morgan fingerprint density at radius 1 is 1.10 bits per heavy atom. The number of benzene rings is 1. The van der Waals surface area contributed by atoms with Gasteiger partial charge in [0.05, 0.1) is 11.3 Å². The van der Waals surface area contributed by atoms with Crippen LogP contribution in [-0.2, 0) is 14.4 Å². The lowest BCUT2D eigenvalue weighted by Gasteiger charge is -2.27. The molecule has 1 atom stereocenters. The third-order valence-corrected chi connectivity index (χ3v) is 5.61. The van der Waals surface area contributed by atoms with Crippen molar-refractivity contribution in [2.75, 3.05) is 6.61 Å². The van der Waals surface area contributed by atoms with E-state index in [0.29, 0.717) is 49.4 Å². The van der Waals surface area contributed by atoms with Gasteiger partial charge in [0, 0.05) is 25.7 Å². The van der Waals surface area contributed by atoms with Crippen LogP contribution in [0.3, 0.4) is 0 Å². The Hall–Kier alpha value is -2.69. The molecule has 0 spiro atoms. The number of carbonyl (C=O) groups is 2. The molecule has 0 bridgehead atoms. The smallest absolute Gasteiger partial charge is 0.168 e. The average molecular weight is 426 g/mol. The highest BCUT2D eigenvalue weighted by molar-refractivity contribution is 6.23. The van der Waals surface area contributed by atoms with Gasteiger partial charge >= 0.3 is 0 Å². The van der Waals surface area contributed by atoms with Crippen LogP contribution in [-0.4, -0.2) is 29.0 Å². The molecule has 0 aliphatic heterocycles. The Morgan fingerprint density at radius 3 is 2.23 bits per heavy atom. The number of ketones is 2. The summed E-state index contributed by atoms with van der Waals surface area (Å²) in [6.07, 6.45) is 7.80. The van der Waals surface area contributed by atoms with Gasteiger partial charge in [0.1, 0.15) is 18.1 Å². The van der Waals surface area contributed by atoms with Gasteiger partial charge in [0.15, 0.2) is 5.78 Å². The summed E-state index contributed by atoms with van der Waals surface area (Å²) in [5.41, 5.74) is 5.65. The number of aryl methyl sites for hydroxylation is 3. The summed E-state index contributed by atoms with van der Waals surface area (Å²) < 4.78 is 0. The molecule has 1 unspecified atom stereocenters. The van der Waals surface area contributed by atoms with Crippen LogP contribution in [0, 0.1) is 20.8 Å². The summed E-state index contributed by atoms with van der Waals surface area (Å²) >= 11 is 0. The van der Waals surface area contributed by atoms with Crippen LogP contribution in [0.15, 0.2) is 40.8 Å². The van der Waals surface area contributed by atoms with E-state index in [1.54, 1.807) is 0 Å². The number of aliphatic hydroxyl groups is 1. The first kappa shape index (κ1) is 24.6. The van der Waals surface area contributed by atoms with E-state index in [1.807, 2.05) is 19.9 Å². The predicted octanol–water partition coefficient (Wildman–Crippen LogP) is 5.97. The molecule has 0 aromatic heterocycles. The van der Waals surface area contributed by atoms with E-state index in [1.165, 1.54) is 22.3 Å². The van der Waals surface area contributed by atoms with E-state index in [0.717, 1.165) is 12.8 Å². The van der Waals surface area contributed by atoms with E-state index in [2.05, 4.69) is 44.1 Å². The topological polar surface area (TPSA) is 76.0 Å². The number of allylic oxidation sites excluding steroid dienone is 4. The first-order chi connectivity index (χ1) is 14.8. The van der Waals surface area contributed by atoms with Crippen molar-refractivity contribution in [3.63, 3.8) is 0 Å². The largest absolute Gasteiger partial charge is 0.511 e. The Labute approximate surface area is 185 Å². The van der Waals surface area contributed by atoms with E-state index in [9.17, 15) is 14.7 Å². The molecule has 2 aliphatic carbocycles. The zero-order chi connectivity index (χ0) is 23.0. The minimum absolute atomic E-state index is 0.0204. The molecule has 31 heavy (non-hydrogen) atoms. The molecule has 168 valence electrons. The van der Waals surface area contributed by atoms with Crippen LogP contribution < -0.4 is 0 Å². The van der Waals surface area contributed by atoms with Crippen molar-refractivity contribution < 1.29 is 19.5 Å². The van der Waals surface area contributed by atoms with E-state index < -0.39 is 0 Å². The van der Waals surface area contributed by atoms with E-state index >= 15 is 0 Å². The number of aliphatic hydroxyl groups excluding tert-OH is 1. The molecule has 0 amide bonds. The van der Waals surface area contributed by atoms with Gasteiger partial charge in [0.25, 0.3) is 0 Å². The Morgan fingerprint density at radius 2 is 1.77 bits per heavy atom. The van der Waals surface area contributed by atoms with Gasteiger partial charge in [-0.25, -0.2) is 0 Å². The fourth-order valence-corrected chi connectivity index (χ4v) is 4.37. The molecule has 2 aliphatic rings. The highest BCUT2D eigenvalue weighted by Gasteiger charge is 2.32. The minimum Gasteiger partial charge on any atom is -0.511 e. The molecule has 0 radical (unpaired) electrons. The summed E-state index contributed by atoms with van der Waals surface area (Å²) in [6, 6.07) is 4.27. The molecule has 3 rings (SSSR count). The highest BCUT2D eigenvalue weighted by atomic mass is 16.6. The number of rotatable bonds is 5. The number of carbonyl (C=O) groups excluding carboxylic acids is 2. The number of Topliss-reactive ketones (excluding diaryl/α,β-unsaturated/α-hetero) is 2. The summed E-state index contributed by atoms with van der Waals surface area (Å²) in [7, 11) is 0. The summed E-state index contributed by atoms with van der Waals surface area (Å²) in [4.78, 5) is 28.2. The quantitative estimate of drug-likeness (QED) is 0.358. The minimum atomic E-state index is -0.0524. The van der Waals surface area contributed by atoms with Crippen molar-refractivity contribution in [2.24, 2.45) is 5.16 Å². The second kappa shape index (κ2) is 11.6. The molecule has 0 saturated carbocycles. The van der Waals surface area contributed by atoms with Gasteiger partial charge in [-0.15, -0.1) is 0 Å². The predicted molar refractivity (Wildman–Crippen MR) is 125 cm³/mol. The molecule has 5 heteroatoms. The molecule has 0 saturated heterocycles. The number of oxime groups is 1. The van der Waals surface area contributed by atoms with Crippen molar-refractivity contribution in [2.45, 2.75) is 79.1 Å². The summed E-state index contributed by atoms with van der Waals surface area (Å²) in [5.74, 6) is 0.480. The molecule has 0 heterocycles. The maximum absolute atomic E-state index is 12.7. The van der Waals surface area contributed by atoms with Crippen LogP contribution in [0.1, 0.15) is 80.5 Å². The first-order valence-electron chi connectivity index (χ1n) is 11.2. The van der Waals surface area contributed by atoms with Crippen molar-refractivity contribution in [1.29, 1.82) is 0 Å². The summed E-state index contributed by atoms with van der Waals surface area (Å²) in [5, 5.41) is 14.5. The number of nitrogens with zero attached hydrogens (tertiary/aromatic N) is 1. The highest BCUT2D eigenvalue weighted by Crippen LogP contribution is 2.37. The molecular formula is C26H35NO4. The fraction of sp³-hybridized carbons (Fsp3) is 0.500. The van der Waals surface area contributed by atoms with Crippen LogP contribution >= 0.6 is 0 Å².